The average Bonchev–Trinajstić information content (AvgIpc) is 2.80. The van der Waals surface area contributed by atoms with Crippen LogP contribution in [0.1, 0.15) is 15.9 Å². The van der Waals surface area contributed by atoms with Crippen molar-refractivity contribution in [1.29, 1.82) is 0 Å². The Morgan fingerprint density at radius 2 is 1.83 bits per heavy atom. The largest absolute Gasteiger partial charge is 0.496 e. The molecule has 4 rings (SSSR count). The summed E-state index contributed by atoms with van der Waals surface area (Å²) in [6.45, 7) is 0.709. The lowest BCUT2D eigenvalue weighted by molar-refractivity contribution is 0.102. The Bertz CT molecular complexity index is 1150. The first-order chi connectivity index (χ1) is 14.7. The summed E-state index contributed by atoms with van der Waals surface area (Å²) in [7, 11) is 1.67. The van der Waals surface area contributed by atoms with E-state index in [9.17, 15) is 4.79 Å². The van der Waals surface area contributed by atoms with E-state index >= 15 is 0 Å². The summed E-state index contributed by atoms with van der Waals surface area (Å²) in [5.41, 5.74) is 3.05. The molecule has 6 nitrogen and oxygen atoms in total. The summed E-state index contributed by atoms with van der Waals surface area (Å²) < 4.78 is 5.37. The van der Waals surface area contributed by atoms with Gasteiger partial charge in [0.2, 0.25) is 0 Å². The lowest BCUT2D eigenvalue weighted by Gasteiger charge is -2.10. The highest BCUT2D eigenvalue weighted by Gasteiger charge is 2.10. The molecule has 0 aliphatic carbocycles. The van der Waals surface area contributed by atoms with Crippen molar-refractivity contribution in [3.05, 3.63) is 90.3 Å². The summed E-state index contributed by atoms with van der Waals surface area (Å²) >= 11 is 0. The molecule has 0 spiro atoms. The van der Waals surface area contributed by atoms with E-state index in [2.05, 4.69) is 20.6 Å². The molecule has 0 saturated carbocycles. The normalized spacial score (nSPS) is 10.6. The number of fused-ring (bicyclic) bond motifs is 1. The van der Waals surface area contributed by atoms with Crippen LogP contribution in [0.5, 0.6) is 5.75 Å². The van der Waals surface area contributed by atoms with Gasteiger partial charge in [-0.25, -0.2) is 4.98 Å². The van der Waals surface area contributed by atoms with Crippen LogP contribution in [0.4, 0.5) is 11.5 Å². The molecule has 1 amide bonds. The molecule has 2 aromatic heterocycles. The van der Waals surface area contributed by atoms with Gasteiger partial charge in [0.15, 0.2) is 0 Å². The fourth-order valence-electron chi connectivity index (χ4n) is 3.27. The third-order valence-corrected chi connectivity index (χ3v) is 4.80. The topological polar surface area (TPSA) is 76.1 Å². The average molecular weight is 398 g/mol. The van der Waals surface area contributed by atoms with E-state index in [4.69, 9.17) is 4.74 Å². The van der Waals surface area contributed by atoms with E-state index in [1.54, 1.807) is 31.6 Å². The van der Waals surface area contributed by atoms with Gasteiger partial charge in [-0.1, -0.05) is 36.4 Å². The predicted molar refractivity (Wildman–Crippen MR) is 119 cm³/mol. The summed E-state index contributed by atoms with van der Waals surface area (Å²) in [5, 5.41) is 7.17. The van der Waals surface area contributed by atoms with Gasteiger partial charge in [-0.3, -0.25) is 9.78 Å². The number of nitrogens with zero attached hydrogens (tertiary/aromatic N) is 2. The molecule has 2 N–H and O–H groups in total. The maximum absolute atomic E-state index is 12.6. The van der Waals surface area contributed by atoms with Gasteiger partial charge in [0, 0.05) is 24.3 Å². The first-order valence-electron chi connectivity index (χ1n) is 9.71. The lowest BCUT2D eigenvalue weighted by atomic mass is 10.1. The van der Waals surface area contributed by atoms with Gasteiger partial charge in [0.1, 0.15) is 11.6 Å². The van der Waals surface area contributed by atoms with E-state index in [0.29, 0.717) is 23.6 Å². The minimum absolute atomic E-state index is 0.221. The molecule has 0 unspecified atom stereocenters. The molecule has 30 heavy (non-hydrogen) atoms. The molecule has 2 heterocycles. The molecule has 0 aliphatic rings. The van der Waals surface area contributed by atoms with Crippen molar-refractivity contribution >= 4 is 28.3 Å². The lowest BCUT2D eigenvalue weighted by Crippen LogP contribution is -2.13. The smallest absolute Gasteiger partial charge is 0.257 e. The Labute approximate surface area is 175 Å². The number of benzene rings is 2. The van der Waals surface area contributed by atoms with Crippen LogP contribution in [0.25, 0.3) is 10.9 Å². The van der Waals surface area contributed by atoms with Crippen LogP contribution < -0.4 is 15.4 Å². The molecule has 6 heteroatoms. The van der Waals surface area contributed by atoms with Crippen LogP contribution >= 0.6 is 0 Å². The summed E-state index contributed by atoms with van der Waals surface area (Å²) in [6, 6.07) is 21.0. The number of amides is 1. The van der Waals surface area contributed by atoms with Crippen LogP contribution in [0, 0.1) is 0 Å². The summed E-state index contributed by atoms with van der Waals surface area (Å²) in [5.74, 6) is 1.37. The number of methoxy groups -OCH3 is 1. The van der Waals surface area contributed by atoms with Crippen LogP contribution in [0.3, 0.4) is 0 Å². The SMILES string of the molecule is COc1ccccc1CCNc1ccc(C(=O)Nc2cccc3cccnc23)cn1. The van der Waals surface area contributed by atoms with Crippen molar-refractivity contribution in [2.45, 2.75) is 6.42 Å². The number of hydrogen-bond acceptors (Lipinski definition) is 5. The van der Waals surface area contributed by atoms with Crippen molar-refractivity contribution in [1.82, 2.24) is 9.97 Å². The molecule has 0 fully saturated rings. The highest BCUT2D eigenvalue weighted by molar-refractivity contribution is 6.08. The number of rotatable bonds is 7. The minimum atomic E-state index is -0.221. The molecule has 4 aromatic rings. The first kappa shape index (κ1) is 19.4. The monoisotopic (exact) mass is 398 g/mol. The summed E-state index contributed by atoms with van der Waals surface area (Å²) in [4.78, 5) is 21.3. The predicted octanol–water partition coefficient (Wildman–Crippen LogP) is 4.55. The van der Waals surface area contributed by atoms with Crippen molar-refractivity contribution in [2.24, 2.45) is 0 Å². The molecule has 150 valence electrons. The minimum Gasteiger partial charge on any atom is -0.496 e. The fourth-order valence-corrected chi connectivity index (χ4v) is 3.27. The second kappa shape index (κ2) is 9.05. The van der Waals surface area contributed by atoms with Crippen LogP contribution in [-0.4, -0.2) is 29.5 Å². The zero-order valence-electron chi connectivity index (χ0n) is 16.6. The first-order valence-corrected chi connectivity index (χ1v) is 9.71. The number of carbonyl (C=O) groups excluding carboxylic acids is 1. The number of carbonyl (C=O) groups is 1. The molecule has 0 saturated heterocycles. The van der Waals surface area contributed by atoms with Gasteiger partial charge in [-0.2, -0.15) is 0 Å². The quantitative estimate of drug-likeness (QED) is 0.478. The van der Waals surface area contributed by atoms with Gasteiger partial charge < -0.3 is 15.4 Å². The van der Waals surface area contributed by atoms with E-state index in [0.717, 1.165) is 28.6 Å². The Morgan fingerprint density at radius 1 is 0.967 bits per heavy atom. The third kappa shape index (κ3) is 4.38. The second-order valence-corrected chi connectivity index (χ2v) is 6.76. The van der Waals surface area contributed by atoms with E-state index in [1.807, 2.05) is 54.6 Å². The number of ether oxygens (including phenoxy) is 1. The summed E-state index contributed by atoms with van der Waals surface area (Å²) in [6.07, 6.45) is 4.09. The zero-order valence-corrected chi connectivity index (χ0v) is 16.6. The molecular weight excluding hydrogens is 376 g/mol. The molecular formula is C24H22N4O2. The van der Waals surface area contributed by atoms with Crippen LogP contribution in [0.15, 0.2) is 79.1 Å². The number of aromatic nitrogens is 2. The van der Waals surface area contributed by atoms with E-state index < -0.39 is 0 Å². The number of anilines is 2. The molecule has 0 bridgehead atoms. The Hall–Kier alpha value is -3.93. The Morgan fingerprint density at radius 3 is 2.67 bits per heavy atom. The fraction of sp³-hybridized carbons (Fsp3) is 0.125. The van der Waals surface area contributed by atoms with Gasteiger partial charge in [0.25, 0.3) is 5.91 Å². The standard InChI is InChI=1S/C24H22N4O2/c1-30-21-10-3-2-6-17(21)13-15-25-22-12-11-19(16-27-22)24(29)28-20-9-4-7-18-8-5-14-26-23(18)20/h2-12,14,16H,13,15H2,1H3,(H,25,27)(H,28,29). The van der Waals surface area contributed by atoms with Crippen molar-refractivity contribution in [3.63, 3.8) is 0 Å². The Balaban J connectivity index is 1.37. The second-order valence-electron chi connectivity index (χ2n) is 6.76. The van der Waals surface area contributed by atoms with Gasteiger partial charge in [0.05, 0.1) is 23.9 Å². The molecule has 2 aromatic carbocycles. The zero-order chi connectivity index (χ0) is 20.8. The maximum Gasteiger partial charge on any atom is 0.257 e. The van der Waals surface area contributed by atoms with Crippen molar-refractivity contribution in [3.8, 4) is 5.75 Å². The number of hydrogen-bond donors (Lipinski definition) is 2. The highest BCUT2D eigenvalue weighted by Crippen LogP contribution is 2.21. The Kier molecular flexibility index (Phi) is 5.85. The van der Waals surface area contributed by atoms with Crippen molar-refractivity contribution in [2.75, 3.05) is 24.3 Å². The van der Waals surface area contributed by atoms with Gasteiger partial charge in [-0.15, -0.1) is 0 Å². The van der Waals surface area contributed by atoms with Crippen LogP contribution in [-0.2, 0) is 6.42 Å². The number of pyridine rings is 2. The molecule has 0 aliphatic heterocycles. The van der Waals surface area contributed by atoms with Crippen LogP contribution in [0.2, 0.25) is 0 Å². The number of para-hydroxylation sites is 2. The molecule has 0 atom stereocenters. The van der Waals surface area contributed by atoms with Crippen molar-refractivity contribution < 1.29 is 9.53 Å². The molecule has 0 radical (unpaired) electrons. The van der Waals surface area contributed by atoms with E-state index in [1.165, 1.54) is 0 Å². The number of nitrogens with one attached hydrogen (secondary N) is 2. The highest BCUT2D eigenvalue weighted by atomic mass is 16.5. The third-order valence-electron chi connectivity index (χ3n) is 4.80. The van der Waals surface area contributed by atoms with Gasteiger partial charge >= 0.3 is 0 Å². The van der Waals surface area contributed by atoms with E-state index in [-0.39, 0.29) is 5.91 Å². The maximum atomic E-state index is 12.6. The van der Waals surface area contributed by atoms with Gasteiger partial charge in [-0.05, 0) is 42.3 Å².